The third-order valence-corrected chi connectivity index (χ3v) is 4.18. The van der Waals surface area contributed by atoms with Crippen LogP contribution in [-0.4, -0.2) is 36.2 Å². The number of aromatic nitrogens is 1. The molecular formula is C19H24N2O2. The Morgan fingerprint density at radius 2 is 1.87 bits per heavy atom. The van der Waals surface area contributed by atoms with Gasteiger partial charge in [0.05, 0.1) is 18.3 Å². The van der Waals surface area contributed by atoms with E-state index < -0.39 is 0 Å². The van der Waals surface area contributed by atoms with E-state index in [0.29, 0.717) is 19.3 Å². The van der Waals surface area contributed by atoms with Crippen LogP contribution in [0.3, 0.4) is 0 Å². The van der Waals surface area contributed by atoms with Crippen molar-refractivity contribution in [2.24, 2.45) is 0 Å². The second-order valence-electron chi connectivity index (χ2n) is 5.68. The van der Waals surface area contributed by atoms with E-state index in [9.17, 15) is 0 Å². The van der Waals surface area contributed by atoms with Crippen molar-refractivity contribution in [2.45, 2.75) is 25.8 Å². The minimum atomic E-state index is 0.418. The molecule has 0 spiro atoms. The summed E-state index contributed by atoms with van der Waals surface area (Å²) in [5.74, 6) is 1.64. The molecule has 1 aromatic heterocycles. The molecule has 4 nitrogen and oxygen atoms in total. The van der Waals surface area contributed by atoms with Crippen molar-refractivity contribution in [3.63, 3.8) is 0 Å². The van der Waals surface area contributed by atoms with Crippen molar-refractivity contribution in [3.8, 4) is 11.5 Å². The zero-order valence-electron chi connectivity index (χ0n) is 13.6. The molecule has 2 aromatic rings. The first-order chi connectivity index (χ1) is 11.4. The van der Waals surface area contributed by atoms with Gasteiger partial charge in [0, 0.05) is 12.7 Å². The number of para-hydroxylation sites is 2. The van der Waals surface area contributed by atoms with Gasteiger partial charge in [-0.3, -0.25) is 9.88 Å². The minimum Gasteiger partial charge on any atom is -0.490 e. The smallest absolute Gasteiger partial charge is 0.161 e. The lowest BCUT2D eigenvalue weighted by Crippen LogP contribution is -2.28. The van der Waals surface area contributed by atoms with Crippen LogP contribution in [0.1, 0.15) is 31.5 Å². The molecule has 0 amide bonds. The molecule has 23 heavy (non-hydrogen) atoms. The fraction of sp³-hybridized carbons (Fsp3) is 0.421. The zero-order valence-corrected chi connectivity index (χ0v) is 13.6. The summed E-state index contributed by atoms with van der Waals surface area (Å²) in [5.41, 5.74) is 1.17. The molecule has 1 fully saturated rings. The zero-order chi connectivity index (χ0) is 15.9. The molecule has 0 aliphatic carbocycles. The molecule has 122 valence electrons. The number of benzene rings is 1. The van der Waals surface area contributed by atoms with Crippen molar-refractivity contribution < 1.29 is 9.47 Å². The van der Waals surface area contributed by atoms with Gasteiger partial charge in [0.25, 0.3) is 0 Å². The van der Waals surface area contributed by atoms with E-state index in [1.54, 1.807) is 0 Å². The van der Waals surface area contributed by atoms with Crippen LogP contribution in [0.25, 0.3) is 0 Å². The summed E-state index contributed by atoms with van der Waals surface area (Å²) < 4.78 is 11.6. The first kappa shape index (κ1) is 15.8. The fourth-order valence-corrected chi connectivity index (χ4v) is 3.12. The van der Waals surface area contributed by atoms with Gasteiger partial charge in [-0.25, -0.2) is 0 Å². The van der Waals surface area contributed by atoms with E-state index in [2.05, 4.69) is 22.0 Å². The minimum absolute atomic E-state index is 0.418. The topological polar surface area (TPSA) is 34.6 Å². The van der Waals surface area contributed by atoms with Gasteiger partial charge in [-0.2, -0.15) is 0 Å². The summed E-state index contributed by atoms with van der Waals surface area (Å²) in [4.78, 5) is 6.98. The first-order valence-corrected chi connectivity index (χ1v) is 8.38. The molecule has 1 saturated heterocycles. The van der Waals surface area contributed by atoms with E-state index >= 15 is 0 Å². The molecule has 3 rings (SSSR count). The molecule has 4 heteroatoms. The molecule has 1 atom stereocenters. The van der Waals surface area contributed by atoms with Crippen LogP contribution in [0.2, 0.25) is 0 Å². The maximum atomic E-state index is 5.95. The SMILES string of the molecule is CCOc1ccccc1OCCN1CCC[C@@H]1c1ccccn1. The summed E-state index contributed by atoms with van der Waals surface area (Å²) in [6.45, 7) is 5.31. The van der Waals surface area contributed by atoms with E-state index in [1.165, 1.54) is 18.5 Å². The maximum Gasteiger partial charge on any atom is 0.161 e. The van der Waals surface area contributed by atoms with Gasteiger partial charge in [0.2, 0.25) is 0 Å². The highest BCUT2D eigenvalue weighted by Gasteiger charge is 2.26. The van der Waals surface area contributed by atoms with Crippen molar-refractivity contribution in [2.75, 3.05) is 26.3 Å². The van der Waals surface area contributed by atoms with Gasteiger partial charge in [-0.1, -0.05) is 18.2 Å². The van der Waals surface area contributed by atoms with Crippen LogP contribution >= 0.6 is 0 Å². The van der Waals surface area contributed by atoms with Crippen LogP contribution in [0.5, 0.6) is 11.5 Å². The monoisotopic (exact) mass is 312 g/mol. The van der Waals surface area contributed by atoms with Gasteiger partial charge in [-0.05, 0) is 50.6 Å². The van der Waals surface area contributed by atoms with Crippen molar-refractivity contribution >= 4 is 0 Å². The highest BCUT2D eigenvalue weighted by atomic mass is 16.5. The Labute approximate surface area is 138 Å². The highest BCUT2D eigenvalue weighted by Crippen LogP contribution is 2.31. The maximum absolute atomic E-state index is 5.95. The molecule has 1 aliphatic heterocycles. The summed E-state index contributed by atoms with van der Waals surface area (Å²) in [5, 5.41) is 0. The predicted molar refractivity (Wildman–Crippen MR) is 90.9 cm³/mol. The Bertz CT molecular complexity index is 603. The van der Waals surface area contributed by atoms with Gasteiger partial charge in [0.15, 0.2) is 11.5 Å². The number of likely N-dealkylation sites (tertiary alicyclic amines) is 1. The van der Waals surface area contributed by atoms with Gasteiger partial charge in [0.1, 0.15) is 6.61 Å². The van der Waals surface area contributed by atoms with Crippen LogP contribution < -0.4 is 9.47 Å². The van der Waals surface area contributed by atoms with E-state index in [-0.39, 0.29) is 0 Å². The first-order valence-electron chi connectivity index (χ1n) is 8.38. The van der Waals surface area contributed by atoms with E-state index in [4.69, 9.17) is 9.47 Å². The average Bonchev–Trinajstić information content (AvgIpc) is 3.06. The van der Waals surface area contributed by atoms with Gasteiger partial charge >= 0.3 is 0 Å². The fourth-order valence-electron chi connectivity index (χ4n) is 3.12. The predicted octanol–water partition coefficient (Wildman–Crippen LogP) is 3.70. The lowest BCUT2D eigenvalue weighted by Gasteiger charge is -2.24. The second-order valence-corrected chi connectivity index (χ2v) is 5.68. The van der Waals surface area contributed by atoms with E-state index in [1.807, 2.05) is 43.5 Å². The van der Waals surface area contributed by atoms with Gasteiger partial charge < -0.3 is 9.47 Å². The lowest BCUT2D eigenvalue weighted by atomic mass is 10.1. The second kappa shape index (κ2) is 7.97. The third kappa shape index (κ3) is 4.02. The molecule has 1 aliphatic rings. The van der Waals surface area contributed by atoms with Crippen molar-refractivity contribution in [3.05, 3.63) is 54.4 Å². The Hall–Kier alpha value is -2.07. The number of hydrogen-bond donors (Lipinski definition) is 0. The number of ether oxygens (including phenoxy) is 2. The van der Waals surface area contributed by atoms with Crippen LogP contribution in [-0.2, 0) is 0 Å². The lowest BCUT2D eigenvalue weighted by molar-refractivity contribution is 0.190. The molecular weight excluding hydrogens is 288 g/mol. The Morgan fingerprint density at radius 1 is 1.09 bits per heavy atom. The molecule has 2 heterocycles. The van der Waals surface area contributed by atoms with Gasteiger partial charge in [-0.15, -0.1) is 0 Å². The highest BCUT2D eigenvalue weighted by molar-refractivity contribution is 5.39. The molecule has 1 aromatic carbocycles. The number of hydrogen-bond acceptors (Lipinski definition) is 4. The average molecular weight is 312 g/mol. The number of nitrogens with zero attached hydrogens (tertiary/aromatic N) is 2. The largest absolute Gasteiger partial charge is 0.490 e. The van der Waals surface area contributed by atoms with Crippen LogP contribution in [0, 0.1) is 0 Å². The van der Waals surface area contributed by atoms with Crippen molar-refractivity contribution in [1.29, 1.82) is 0 Å². The Balaban J connectivity index is 1.56. The van der Waals surface area contributed by atoms with Crippen LogP contribution in [0.15, 0.2) is 48.7 Å². The number of pyridine rings is 1. The molecule has 0 bridgehead atoms. The summed E-state index contributed by atoms with van der Waals surface area (Å²) >= 11 is 0. The molecule has 0 saturated carbocycles. The normalized spacial score (nSPS) is 18.0. The summed E-state index contributed by atoms with van der Waals surface area (Å²) in [7, 11) is 0. The summed E-state index contributed by atoms with van der Waals surface area (Å²) in [6, 6.07) is 14.4. The quantitative estimate of drug-likeness (QED) is 0.781. The molecule has 0 N–H and O–H groups in total. The summed E-state index contributed by atoms with van der Waals surface area (Å²) in [6.07, 6.45) is 4.27. The molecule has 0 radical (unpaired) electrons. The van der Waals surface area contributed by atoms with E-state index in [0.717, 1.165) is 24.6 Å². The van der Waals surface area contributed by atoms with Crippen molar-refractivity contribution in [1.82, 2.24) is 9.88 Å². The van der Waals surface area contributed by atoms with Crippen LogP contribution in [0.4, 0.5) is 0 Å². The third-order valence-electron chi connectivity index (χ3n) is 4.18. The standard InChI is InChI=1S/C19H24N2O2/c1-2-22-18-10-3-4-11-19(18)23-15-14-21-13-7-9-17(21)16-8-5-6-12-20-16/h3-6,8,10-12,17H,2,7,9,13-15H2,1H3/t17-/m1/s1. The number of rotatable bonds is 7. The molecule has 0 unspecified atom stereocenters. The Kier molecular flexibility index (Phi) is 5.48. The Morgan fingerprint density at radius 3 is 2.61 bits per heavy atom.